The number of carboxylic acids is 4. The van der Waals surface area contributed by atoms with Gasteiger partial charge in [0.05, 0.1) is 0 Å². The van der Waals surface area contributed by atoms with Gasteiger partial charge in [-0.05, 0) is 0 Å². The summed E-state index contributed by atoms with van der Waals surface area (Å²) in [6.45, 7) is 0. The van der Waals surface area contributed by atoms with Crippen LogP contribution in [0.4, 0.5) is 0 Å². The topological polar surface area (TPSA) is 149 Å². The van der Waals surface area contributed by atoms with Crippen molar-refractivity contribution in [1.82, 2.24) is 0 Å². The molecule has 4 N–H and O–H groups in total. The molecule has 13 heavy (non-hydrogen) atoms. The van der Waals surface area contributed by atoms with Crippen molar-refractivity contribution in [1.29, 1.82) is 0 Å². The van der Waals surface area contributed by atoms with Gasteiger partial charge >= 0.3 is 23.9 Å². The maximum atomic E-state index is 9.10. The first-order valence-electron chi connectivity index (χ1n) is 2.21. The molecule has 9 heteroatoms. The molecule has 0 aromatic heterocycles. The fourth-order valence-corrected chi connectivity index (χ4v) is 0. The normalized spacial score (nSPS) is 6.77. The van der Waals surface area contributed by atoms with Gasteiger partial charge in [-0.1, -0.05) is 0 Å². The van der Waals surface area contributed by atoms with Crippen molar-refractivity contribution >= 4 is 36.3 Å². The van der Waals surface area contributed by atoms with Gasteiger partial charge in [-0.2, -0.15) is 0 Å². The lowest BCUT2D eigenvalue weighted by Crippen LogP contribution is -2.09. The Balaban J connectivity index is -0.000000143. The first kappa shape index (κ1) is 17.3. The summed E-state index contributed by atoms with van der Waals surface area (Å²) >= 11 is 0. The third-order valence-electron chi connectivity index (χ3n) is 0.366. The molecule has 0 fully saturated rings. The van der Waals surface area contributed by atoms with Gasteiger partial charge in [-0.3, -0.25) is 0 Å². The van der Waals surface area contributed by atoms with Crippen molar-refractivity contribution in [3.05, 3.63) is 0 Å². The van der Waals surface area contributed by atoms with Gasteiger partial charge in [0.25, 0.3) is 0 Å². The Bertz CT molecular complexity index is 172. The molecule has 0 saturated heterocycles. The van der Waals surface area contributed by atoms with E-state index in [4.69, 9.17) is 39.6 Å². The number of hydrogen-bond acceptors (Lipinski definition) is 4. The summed E-state index contributed by atoms with van der Waals surface area (Å²) < 4.78 is 0. The predicted molar refractivity (Wildman–Crippen MR) is 37.8 cm³/mol. The van der Waals surface area contributed by atoms with Crippen LogP contribution < -0.4 is 0 Å². The van der Waals surface area contributed by atoms with E-state index in [9.17, 15) is 0 Å². The number of carboxylic acid groups (broad SMARTS) is 4. The molecule has 0 unspecified atom stereocenters. The number of hydrogen-bond donors (Lipinski definition) is 4. The molecule has 0 atom stereocenters. The Hall–Kier alpha value is -1.83. The highest BCUT2D eigenvalue weighted by molar-refractivity contribution is 6.27. The number of aliphatic carboxylic acids is 4. The summed E-state index contributed by atoms with van der Waals surface area (Å²) in [7, 11) is 0. The molecule has 0 aromatic carbocycles. The Morgan fingerprint density at radius 2 is 0.615 bits per heavy atom. The Morgan fingerprint density at radius 3 is 0.615 bits per heavy atom. The highest BCUT2D eigenvalue weighted by Gasteiger charge is 2.04. The van der Waals surface area contributed by atoms with Crippen LogP contribution in [0.25, 0.3) is 0 Å². The minimum atomic E-state index is -1.82. The Morgan fingerprint density at radius 1 is 0.538 bits per heavy atom. The quantitative estimate of drug-likeness (QED) is 0.366. The summed E-state index contributed by atoms with van der Waals surface area (Å²) in [6.07, 6.45) is 0. The maximum absolute atomic E-state index is 9.10. The molecule has 0 aromatic rings. The number of carbonyl (C=O) groups is 4. The highest BCUT2D eigenvalue weighted by atomic mass is 35.5. The molecule has 0 bridgehead atoms. The molecule has 0 rings (SSSR count). The number of halogens is 1. The van der Waals surface area contributed by atoms with Crippen molar-refractivity contribution in [2.24, 2.45) is 0 Å². The summed E-state index contributed by atoms with van der Waals surface area (Å²) in [5.74, 6) is -7.30. The van der Waals surface area contributed by atoms with Crippen molar-refractivity contribution < 1.29 is 39.6 Å². The van der Waals surface area contributed by atoms with E-state index in [2.05, 4.69) is 0 Å². The largest absolute Gasteiger partial charge is 0.473 e. The summed E-state index contributed by atoms with van der Waals surface area (Å²) in [5, 5.41) is 29.6. The average Bonchev–Trinajstić information content (AvgIpc) is 1.88. The second-order valence-corrected chi connectivity index (χ2v) is 1.22. The Labute approximate surface area is 76.8 Å². The summed E-state index contributed by atoms with van der Waals surface area (Å²) in [6, 6.07) is 0. The van der Waals surface area contributed by atoms with Crippen LogP contribution in [0, 0.1) is 0 Å². The standard InChI is InChI=1S/2C2H2O4.ClH/c2*3-1(4)2(5)6;/h2*(H,3,4)(H,5,6);1H. The molecule has 0 aliphatic heterocycles. The van der Waals surface area contributed by atoms with Crippen LogP contribution in [0.3, 0.4) is 0 Å². The van der Waals surface area contributed by atoms with Crippen LogP contribution in [-0.2, 0) is 19.2 Å². The van der Waals surface area contributed by atoms with Gasteiger partial charge in [0.2, 0.25) is 0 Å². The van der Waals surface area contributed by atoms with Crippen LogP contribution in [0.2, 0.25) is 0 Å². The lowest BCUT2D eigenvalue weighted by atomic mass is 10.7. The zero-order chi connectivity index (χ0) is 10.3. The fraction of sp³-hybridized carbons (Fsp3) is 0. The van der Waals surface area contributed by atoms with Gasteiger partial charge < -0.3 is 20.4 Å². The first-order valence-corrected chi connectivity index (χ1v) is 2.21. The predicted octanol–water partition coefficient (Wildman–Crippen LogP) is -1.27. The molecule has 0 spiro atoms. The van der Waals surface area contributed by atoms with E-state index in [1.165, 1.54) is 0 Å². The Kier molecular flexibility index (Phi) is 11.0. The van der Waals surface area contributed by atoms with E-state index >= 15 is 0 Å². The second kappa shape index (κ2) is 8.27. The van der Waals surface area contributed by atoms with Crippen molar-refractivity contribution in [2.45, 2.75) is 0 Å². The zero-order valence-electron chi connectivity index (χ0n) is 5.83. The van der Waals surface area contributed by atoms with Crippen LogP contribution in [0.5, 0.6) is 0 Å². The molecule has 8 nitrogen and oxygen atoms in total. The molecule has 76 valence electrons. The van der Waals surface area contributed by atoms with Crippen LogP contribution in [0.1, 0.15) is 0 Å². The van der Waals surface area contributed by atoms with Gasteiger partial charge in [-0.25, -0.2) is 19.2 Å². The monoisotopic (exact) mass is 216 g/mol. The molecule has 0 saturated carbocycles. The summed E-state index contributed by atoms with van der Waals surface area (Å²) in [5.41, 5.74) is 0. The van der Waals surface area contributed by atoms with E-state index in [0.29, 0.717) is 0 Å². The van der Waals surface area contributed by atoms with E-state index in [1.54, 1.807) is 0 Å². The van der Waals surface area contributed by atoms with Crippen molar-refractivity contribution in [3.8, 4) is 0 Å². The molecular formula is C4H5ClO8. The molecule has 0 aliphatic rings. The van der Waals surface area contributed by atoms with E-state index in [-0.39, 0.29) is 12.4 Å². The number of rotatable bonds is 0. The van der Waals surface area contributed by atoms with Crippen LogP contribution in [0.15, 0.2) is 0 Å². The second-order valence-electron chi connectivity index (χ2n) is 1.22. The molecule has 0 radical (unpaired) electrons. The molecule has 0 amide bonds. The minimum Gasteiger partial charge on any atom is -0.473 e. The average molecular weight is 217 g/mol. The minimum absolute atomic E-state index is 0. The van der Waals surface area contributed by atoms with Crippen molar-refractivity contribution in [3.63, 3.8) is 0 Å². The maximum Gasteiger partial charge on any atom is 0.414 e. The lowest BCUT2D eigenvalue weighted by Gasteiger charge is -1.72. The fourth-order valence-electron chi connectivity index (χ4n) is 0. The molecular weight excluding hydrogens is 211 g/mol. The third-order valence-corrected chi connectivity index (χ3v) is 0.366. The van der Waals surface area contributed by atoms with E-state index < -0.39 is 23.9 Å². The van der Waals surface area contributed by atoms with Crippen LogP contribution >= 0.6 is 12.4 Å². The van der Waals surface area contributed by atoms with Gasteiger partial charge in [0, 0.05) is 0 Å². The third kappa shape index (κ3) is 17.8. The highest BCUT2D eigenvalue weighted by Crippen LogP contribution is 1.56. The van der Waals surface area contributed by atoms with Gasteiger partial charge in [0.1, 0.15) is 0 Å². The molecule has 0 heterocycles. The van der Waals surface area contributed by atoms with E-state index in [0.717, 1.165) is 0 Å². The SMILES string of the molecule is Cl.O=C(O)C(=O)O.O=C(O)C(=O)O. The van der Waals surface area contributed by atoms with Gasteiger partial charge in [-0.15, -0.1) is 12.4 Å². The first-order chi connectivity index (χ1) is 5.29. The van der Waals surface area contributed by atoms with E-state index in [1.807, 2.05) is 0 Å². The lowest BCUT2D eigenvalue weighted by molar-refractivity contribution is -0.159. The van der Waals surface area contributed by atoms with Crippen molar-refractivity contribution in [2.75, 3.05) is 0 Å². The zero-order valence-corrected chi connectivity index (χ0v) is 6.65. The summed E-state index contributed by atoms with van der Waals surface area (Å²) in [4.78, 5) is 36.4. The molecule has 0 aliphatic carbocycles. The van der Waals surface area contributed by atoms with Crippen LogP contribution in [-0.4, -0.2) is 44.3 Å². The van der Waals surface area contributed by atoms with Gasteiger partial charge in [0.15, 0.2) is 0 Å². The smallest absolute Gasteiger partial charge is 0.414 e.